The van der Waals surface area contributed by atoms with Crippen LogP contribution in [0.4, 0.5) is 5.82 Å². The molecule has 4 rings (SSSR count). The highest BCUT2D eigenvalue weighted by atomic mass is 35.5. The first-order valence-electron chi connectivity index (χ1n) is 11.2. The highest BCUT2D eigenvalue weighted by molar-refractivity contribution is 6.30. The molecule has 0 bridgehead atoms. The van der Waals surface area contributed by atoms with E-state index in [1.807, 2.05) is 42.5 Å². The number of aromatic nitrogens is 3. The van der Waals surface area contributed by atoms with E-state index in [4.69, 9.17) is 32.6 Å². The quantitative estimate of drug-likeness (QED) is 0.272. The molecule has 0 saturated heterocycles. The number of hydrogen-bond donors (Lipinski definition) is 2. The molecule has 0 spiro atoms. The molecule has 0 saturated carbocycles. The van der Waals surface area contributed by atoms with Crippen molar-refractivity contribution >= 4 is 40.1 Å². The summed E-state index contributed by atoms with van der Waals surface area (Å²) in [7, 11) is 1.72. The molecule has 0 aliphatic rings. The lowest BCUT2D eigenvalue weighted by molar-refractivity contribution is 0.862. The molecule has 3 N–H and O–H groups in total. The number of nitrogens with zero attached hydrogens (tertiary/aromatic N) is 5. The zero-order valence-corrected chi connectivity index (χ0v) is 20.4. The van der Waals surface area contributed by atoms with E-state index in [2.05, 4.69) is 16.4 Å². The fraction of sp³-hybridized carbons (Fsp3) is 0.148. The summed E-state index contributed by atoms with van der Waals surface area (Å²) in [5, 5.41) is 13.6. The predicted octanol–water partition coefficient (Wildman–Crippen LogP) is 4.55. The Balaban J connectivity index is 1.78. The van der Waals surface area contributed by atoms with Gasteiger partial charge in [-0.1, -0.05) is 29.8 Å². The maximum absolute atomic E-state index is 11.8. The van der Waals surface area contributed by atoms with Gasteiger partial charge in [0.2, 0.25) is 5.56 Å². The van der Waals surface area contributed by atoms with Gasteiger partial charge in [0.1, 0.15) is 5.82 Å². The molecule has 0 atom stereocenters. The van der Waals surface area contributed by atoms with Crippen molar-refractivity contribution < 1.29 is 0 Å². The second kappa shape index (κ2) is 11.3. The van der Waals surface area contributed by atoms with E-state index in [9.17, 15) is 4.79 Å². The van der Waals surface area contributed by atoms with Crippen LogP contribution in [0, 0.1) is 11.3 Å². The summed E-state index contributed by atoms with van der Waals surface area (Å²) in [5.41, 5.74) is 9.87. The summed E-state index contributed by atoms with van der Waals surface area (Å²) in [6, 6.07) is 18.8. The lowest BCUT2D eigenvalue weighted by Gasteiger charge is -2.13. The number of nitrogens with two attached hydrogens (primary N) is 1. The lowest BCUT2D eigenvalue weighted by atomic mass is 10.0. The molecule has 9 heteroatoms. The maximum atomic E-state index is 11.8. The van der Waals surface area contributed by atoms with Crippen LogP contribution in [-0.4, -0.2) is 27.3 Å². The number of aryl methyl sites for hydroxylation is 1. The monoisotopic (exact) mass is 497 g/mol. The minimum atomic E-state index is -0.0751. The Bertz CT molecular complexity index is 1570. The molecule has 0 aliphatic carbocycles. The number of fused-ring (bicyclic) bond motifs is 1. The van der Waals surface area contributed by atoms with Gasteiger partial charge in [0.15, 0.2) is 5.82 Å². The molecular formula is C27H24ClN7O. The number of nitriles is 1. The molecule has 180 valence electrons. The van der Waals surface area contributed by atoms with E-state index >= 15 is 0 Å². The number of allylic oxidation sites excluding steroid dienone is 1. The van der Waals surface area contributed by atoms with Crippen molar-refractivity contribution in [2.75, 3.05) is 11.9 Å². The molecule has 2 heterocycles. The molecule has 0 unspecified atom stereocenters. The van der Waals surface area contributed by atoms with Crippen molar-refractivity contribution in [1.29, 1.82) is 5.26 Å². The molecule has 0 amide bonds. The van der Waals surface area contributed by atoms with Crippen LogP contribution in [0.15, 0.2) is 76.8 Å². The van der Waals surface area contributed by atoms with Crippen molar-refractivity contribution in [3.05, 3.63) is 93.8 Å². The van der Waals surface area contributed by atoms with Gasteiger partial charge in [-0.05, 0) is 47.0 Å². The predicted molar refractivity (Wildman–Crippen MR) is 145 cm³/mol. The fourth-order valence-corrected chi connectivity index (χ4v) is 3.83. The summed E-state index contributed by atoms with van der Waals surface area (Å²) < 4.78 is 1.54. The number of nitrogens with one attached hydrogen (secondary N) is 1. The second-order valence-corrected chi connectivity index (χ2v) is 8.48. The molecule has 4 aromatic rings. The minimum Gasteiger partial charge on any atom is -0.404 e. The highest BCUT2D eigenvalue weighted by Gasteiger charge is 2.12. The molecule has 36 heavy (non-hydrogen) atoms. The first-order valence-corrected chi connectivity index (χ1v) is 11.6. The van der Waals surface area contributed by atoms with E-state index in [1.54, 1.807) is 36.2 Å². The molecular weight excluding hydrogens is 474 g/mol. The SMILES string of the molecule is Cn1cc(-c2ccc3nc(C(C=NCCC#N)=CN)nc(NCc4cccc(Cl)c4)c3c2)ccc1=O. The van der Waals surface area contributed by atoms with Crippen LogP contribution in [0.25, 0.3) is 27.6 Å². The van der Waals surface area contributed by atoms with Gasteiger partial charge in [0.05, 0.1) is 30.1 Å². The second-order valence-electron chi connectivity index (χ2n) is 8.04. The number of anilines is 1. The van der Waals surface area contributed by atoms with Gasteiger partial charge >= 0.3 is 0 Å². The van der Waals surface area contributed by atoms with E-state index in [0.717, 1.165) is 22.1 Å². The van der Waals surface area contributed by atoms with Gasteiger partial charge in [-0.2, -0.15) is 5.26 Å². The molecule has 2 aromatic heterocycles. The Morgan fingerprint density at radius 2 is 2.03 bits per heavy atom. The van der Waals surface area contributed by atoms with Gasteiger partial charge in [-0.25, -0.2) is 9.97 Å². The Labute approximate surface area is 213 Å². The van der Waals surface area contributed by atoms with Crippen LogP contribution >= 0.6 is 11.6 Å². The van der Waals surface area contributed by atoms with Crippen molar-refractivity contribution in [2.45, 2.75) is 13.0 Å². The summed E-state index contributed by atoms with van der Waals surface area (Å²) in [6.45, 7) is 0.859. The normalized spacial score (nSPS) is 11.6. The van der Waals surface area contributed by atoms with Crippen molar-refractivity contribution in [1.82, 2.24) is 14.5 Å². The number of rotatable bonds is 8. The maximum Gasteiger partial charge on any atom is 0.250 e. The van der Waals surface area contributed by atoms with Crippen LogP contribution in [-0.2, 0) is 13.6 Å². The van der Waals surface area contributed by atoms with Crippen LogP contribution in [0.2, 0.25) is 5.02 Å². The third-order valence-electron chi connectivity index (χ3n) is 5.48. The van der Waals surface area contributed by atoms with Gasteiger partial charge in [-0.15, -0.1) is 0 Å². The molecule has 2 aromatic carbocycles. The van der Waals surface area contributed by atoms with E-state index in [0.29, 0.717) is 47.3 Å². The Hall–Kier alpha value is -4.48. The summed E-state index contributed by atoms with van der Waals surface area (Å²) in [4.78, 5) is 25.6. The Morgan fingerprint density at radius 3 is 2.78 bits per heavy atom. The summed E-state index contributed by atoms with van der Waals surface area (Å²) >= 11 is 6.16. The number of halogens is 1. The van der Waals surface area contributed by atoms with Gasteiger partial charge in [0, 0.05) is 48.7 Å². The van der Waals surface area contributed by atoms with Crippen molar-refractivity contribution in [3.63, 3.8) is 0 Å². The Kier molecular flexibility index (Phi) is 7.73. The van der Waals surface area contributed by atoms with Crippen LogP contribution < -0.4 is 16.6 Å². The number of pyridine rings is 1. The third kappa shape index (κ3) is 5.77. The number of benzene rings is 2. The lowest BCUT2D eigenvalue weighted by Crippen LogP contribution is -2.13. The zero-order valence-electron chi connectivity index (χ0n) is 19.6. The zero-order chi connectivity index (χ0) is 25.5. The van der Waals surface area contributed by atoms with E-state index in [1.165, 1.54) is 6.20 Å². The summed E-state index contributed by atoms with van der Waals surface area (Å²) in [6.07, 6.45) is 5.09. The fourth-order valence-electron chi connectivity index (χ4n) is 3.62. The molecule has 0 aliphatic heterocycles. The minimum absolute atomic E-state index is 0.0751. The smallest absolute Gasteiger partial charge is 0.250 e. The Morgan fingerprint density at radius 1 is 1.19 bits per heavy atom. The van der Waals surface area contributed by atoms with Crippen LogP contribution in [0.5, 0.6) is 0 Å². The van der Waals surface area contributed by atoms with Crippen molar-refractivity contribution in [3.8, 4) is 17.2 Å². The van der Waals surface area contributed by atoms with Crippen molar-refractivity contribution in [2.24, 2.45) is 17.8 Å². The third-order valence-corrected chi connectivity index (χ3v) is 5.72. The van der Waals surface area contributed by atoms with Crippen LogP contribution in [0.3, 0.4) is 0 Å². The first kappa shape index (κ1) is 24.6. The van der Waals surface area contributed by atoms with E-state index < -0.39 is 0 Å². The van der Waals surface area contributed by atoms with E-state index in [-0.39, 0.29) is 5.56 Å². The highest BCUT2D eigenvalue weighted by Crippen LogP contribution is 2.28. The largest absolute Gasteiger partial charge is 0.404 e. The molecule has 0 radical (unpaired) electrons. The number of hydrogen-bond acceptors (Lipinski definition) is 7. The average molecular weight is 498 g/mol. The number of aliphatic imine (C=N–C) groups is 1. The van der Waals surface area contributed by atoms with Crippen LogP contribution in [0.1, 0.15) is 17.8 Å². The summed E-state index contributed by atoms with van der Waals surface area (Å²) in [5.74, 6) is 1.03. The topological polar surface area (TPSA) is 122 Å². The molecule has 0 fully saturated rings. The van der Waals surface area contributed by atoms with Gasteiger partial charge < -0.3 is 15.6 Å². The van der Waals surface area contributed by atoms with Gasteiger partial charge in [-0.3, -0.25) is 9.79 Å². The average Bonchev–Trinajstić information content (AvgIpc) is 2.88. The standard InChI is InChI=1S/C27H24ClN7O/c1-35-17-20(7-9-25(35)36)19-6-8-24-23(13-19)27(32-15-18-4-2-5-22(28)12-18)34-26(33-24)21(14-30)16-31-11-3-10-29/h2,4-9,12-14,16-17H,3,11,15,30H2,1H3,(H,32,33,34). The first-order chi connectivity index (χ1) is 17.5. The van der Waals surface area contributed by atoms with Gasteiger partial charge in [0.25, 0.3) is 0 Å². The molecule has 8 nitrogen and oxygen atoms in total.